The molecule has 0 aliphatic rings. The molecule has 0 spiro atoms. The van der Waals surface area contributed by atoms with Gasteiger partial charge < -0.3 is 5.32 Å². The van der Waals surface area contributed by atoms with Crippen LogP contribution in [0, 0.1) is 21.4 Å². The summed E-state index contributed by atoms with van der Waals surface area (Å²) in [5.74, 6) is 0. The Labute approximate surface area is 134 Å². The molecule has 0 unspecified atom stereocenters. The molecular formula is C14H9BrClN3O2. The van der Waals surface area contributed by atoms with E-state index in [1.54, 1.807) is 24.3 Å². The summed E-state index contributed by atoms with van der Waals surface area (Å²) in [6, 6.07) is 11.9. The molecule has 0 heterocycles. The Balaban J connectivity index is 2.15. The summed E-state index contributed by atoms with van der Waals surface area (Å²) in [5, 5.41) is 22.9. The lowest BCUT2D eigenvalue weighted by Crippen LogP contribution is -2.01. The Morgan fingerprint density at radius 1 is 1.33 bits per heavy atom. The molecule has 0 atom stereocenters. The first-order chi connectivity index (χ1) is 10.0. The van der Waals surface area contributed by atoms with Crippen molar-refractivity contribution in [2.45, 2.75) is 6.54 Å². The summed E-state index contributed by atoms with van der Waals surface area (Å²) >= 11 is 9.13. The summed E-state index contributed by atoms with van der Waals surface area (Å²) in [6.07, 6.45) is 0. The van der Waals surface area contributed by atoms with Crippen LogP contribution < -0.4 is 5.32 Å². The second kappa shape index (κ2) is 6.57. The van der Waals surface area contributed by atoms with Gasteiger partial charge in [0.1, 0.15) is 5.02 Å². The summed E-state index contributed by atoms with van der Waals surface area (Å²) in [6.45, 7) is 0.405. The topological polar surface area (TPSA) is 79.0 Å². The van der Waals surface area contributed by atoms with Crippen molar-refractivity contribution in [1.29, 1.82) is 5.26 Å². The van der Waals surface area contributed by atoms with E-state index in [2.05, 4.69) is 21.2 Å². The second-order valence-electron chi connectivity index (χ2n) is 4.20. The molecule has 0 radical (unpaired) electrons. The van der Waals surface area contributed by atoms with Crippen LogP contribution in [0.5, 0.6) is 0 Å². The highest BCUT2D eigenvalue weighted by molar-refractivity contribution is 9.10. The Morgan fingerprint density at radius 2 is 2.10 bits per heavy atom. The molecule has 2 aromatic rings. The van der Waals surface area contributed by atoms with Crippen molar-refractivity contribution in [1.82, 2.24) is 0 Å². The molecule has 21 heavy (non-hydrogen) atoms. The third kappa shape index (κ3) is 3.72. The van der Waals surface area contributed by atoms with Crippen molar-refractivity contribution in [3.05, 3.63) is 67.1 Å². The highest BCUT2D eigenvalue weighted by atomic mass is 79.9. The number of benzene rings is 2. The monoisotopic (exact) mass is 365 g/mol. The molecule has 0 amide bonds. The normalized spacial score (nSPS) is 9.95. The van der Waals surface area contributed by atoms with Gasteiger partial charge in [0, 0.05) is 22.8 Å². The van der Waals surface area contributed by atoms with Crippen LogP contribution in [-0.2, 0) is 6.54 Å². The number of nitro benzene ring substituents is 1. The predicted octanol–water partition coefficient (Wildman–Crippen LogP) is 4.49. The number of nitro groups is 1. The molecule has 0 fully saturated rings. The van der Waals surface area contributed by atoms with E-state index in [0.29, 0.717) is 12.1 Å². The molecule has 2 rings (SSSR count). The summed E-state index contributed by atoms with van der Waals surface area (Å²) in [4.78, 5) is 10.3. The van der Waals surface area contributed by atoms with Gasteiger partial charge >= 0.3 is 0 Å². The summed E-state index contributed by atoms with van der Waals surface area (Å²) in [7, 11) is 0. The van der Waals surface area contributed by atoms with Crippen LogP contribution >= 0.6 is 27.5 Å². The Kier molecular flexibility index (Phi) is 4.78. The third-order valence-electron chi connectivity index (χ3n) is 2.79. The first-order valence-electron chi connectivity index (χ1n) is 5.87. The van der Waals surface area contributed by atoms with E-state index in [1.807, 2.05) is 6.07 Å². The average Bonchev–Trinajstić information content (AvgIpc) is 2.47. The lowest BCUT2D eigenvalue weighted by molar-refractivity contribution is -0.384. The maximum Gasteiger partial charge on any atom is 0.288 e. The fourth-order valence-corrected chi connectivity index (χ4v) is 2.44. The van der Waals surface area contributed by atoms with Crippen molar-refractivity contribution in [3.63, 3.8) is 0 Å². The molecule has 2 aromatic carbocycles. The lowest BCUT2D eigenvalue weighted by atomic mass is 10.2. The van der Waals surface area contributed by atoms with Gasteiger partial charge in [0.05, 0.1) is 16.6 Å². The molecule has 0 saturated carbocycles. The van der Waals surface area contributed by atoms with Crippen molar-refractivity contribution in [2.75, 3.05) is 5.32 Å². The zero-order valence-electron chi connectivity index (χ0n) is 10.6. The minimum Gasteiger partial charge on any atom is -0.380 e. The number of anilines is 1. The maximum absolute atomic E-state index is 10.8. The highest BCUT2D eigenvalue weighted by Crippen LogP contribution is 2.27. The van der Waals surface area contributed by atoms with Gasteiger partial charge in [0.25, 0.3) is 5.69 Å². The molecule has 0 saturated heterocycles. The minimum absolute atomic E-state index is 0.114. The standard InChI is InChI=1S/C14H9BrClN3O2/c15-11-5-9(7-17)2-4-13(11)18-8-10-1-3-12(16)14(6-10)19(20)21/h1-6,18H,8H2. The number of hydrogen-bond acceptors (Lipinski definition) is 4. The van der Waals surface area contributed by atoms with E-state index in [9.17, 15) is 10.1 Å². The van der Waals surface area contributed by atoms with Crippen molar-refractivity contribution in [2.24, 2.45) is 0 Å². The van der Waals surface area contributed by atoms with Gasteiger partial charge in [0.2, 0.25) is 0 Å². The van der Waals surface area contributed by atoms with Crippen molar-refractivity contribution in [3.8, 4) is 6.07 Å². The van der Waals surface area contributed by atoms with Crippen LogP contribution in [0.25, 0.3) is 0 Å². The molecule has 0 aromatic heterocycles. The predicted molar refractivity (Wildman–Crippen MR) is 84.3 cm³/mol. The largest absolute Gasteiger partial charge is 0.380 e. The average molecular weight is 367 g/mol. The summed E-state index contributed by atoms with van der Waals surface area (Å²) < 4.78 is 0.755. The smallest absolute Gasteiger partial charge is 0.288 e. The molecule has 5 nitrogen and oxygen atoms in total. The van der Waals surface area contributed by atoms with Crippen molar-refractivity contribution >= 4 is 38.9 Å². The maximum atomic E-state index is 10.8. The molecule has 0 aliphatic heterocycles. The number of halogens is 2. The number of nitrogens with one attached hydrogen (secondary N) is 1. The Morgan fingerprint density at radius 3 is 2.71 bits per heavy atom. The Hall–Kier alpha value is -2.10. The van der Waals surface area contributed by atoms with Crippen LogP contribution in [0.2, 0.25) is 5.02 Å². The van der Waals surface area contributed by atoms with Crippen LogP contribution in [0.4, 0.5) is 11.4 Å². The fraction of sp³-hybridized carbons (Fsp3) is 0.0714. The lowest BCUT2D eigenvalue weighted by Gasteiger charge is -2.09. The van der Waals surface area contributed by atoms with E-state index in [0.717, 1.165) is 15.7 Å². The van der Waals surface area contributed by atoms with Gasteiger partial charge in [0.15, 0.2) is 0 Å². The number of hydrogen-bond donors (Lipinski definition) is 1. The van der Waals surface area contributed by atoms with Crippen LogP contribution in [0.1, 0.15) is 11.1 Å². The van der Waals surface area contributed by atoms with Gasteiger partial charge in [-0.15, -0.1) is 0 Å². The van der Waals surface area contributed by atoms with Gasteiger partial charge in [-0.2, -0.15) is 5.26 Å². The molecular weight excluding hydrogens is 358 g/mol. The quantitative estimate of drug-likeness (QED) is 0.638. The molecule has 7 heteroatoms. The van der Waals surface area contributed by atoms with Crippen molar-refractivity contribution < 1.29 is 4.92 Å². The summed E-state index contributed by atoms with van der Waals surface area (Å²) in [5.41, 5.74) is 1.97. The molecule has 106 valence electrons. The number of nitrogens with zero attached hydrogens (tertiary/aromatic N) is 2. The van der Waals surface area contributed by atoms with Crippen LogP contribution in [0.15, 0.2) is 40.9 Å². The first kappa shape index (κ1) is 15.3. The van der Waals surface area contributed by atoms with E-state index < -0.39 is 4.92 Å². The number of nitriles is 1. The minimum atomic E-state index is -0.510. The van der Waals surface area contributed by atoms with Crippen LogP contribution in [-0.4, -0.2) is 4.92 Å². The molecule has 1 N–H and O–H groups in total. The van der Waals surface area contributed by atoms with Gasteiger partial charge in [-0.1, -0.05) is 17.7 Å². The third-order valence-corrected chi connectivity index (χ3v) is 3.76. The van der Waals surface area contributed by atoms with E-state index in [-0.39, 0.29) is 10.7 Å². The SMILES string of the molecule is N#Cc1ccc(NCc2ccc(Cl)c([N+](=O)[O-])c2)c(Br)c1. The fourth-order valence-electron chi connectivity index (χ4n) is 1.73. The Bertz CT molecular complexity index is 743. The molecule has 0 bridgehead atoms. The highest BCUT2D eigenvalue weighted by Gasteiger charge is 2.12. The molecule has 0 aliphatic carbocycles. The number of rotatable bonds is 4. The van der Waals surface area contributed by atoms with E-state index >= 15 is 0 Å². The second-order valence-corrected chi connectivity index (χ2v) is 5.46. The van der Waals surface area contributed by atoms with E-state index in [1.165, 1.54) is 12.1 Å². The van der Waals surface area contributed by atoms with Gasteiger partial charge in [-0.05, 0) is 45.8 Å². The zero-order chi connectivity index (χ0) is 15.4. The van der Waals surface area contributed by atoms with E-state index in [4.69, 9.17) is 16.9 Å². The van der Waals surface area contributed by atoms with Gasteiger partial charge in [-0.25, -0.2) is 0 Å². The zero-order valence-corrected chi connectivity index (χ0v) is 13.0. The first-order valence-corrected chi connectivity index (χ1v) is 7.04. The van der Waals surface area contributed by atoms with Crippen LogP contribution in [0.3, 0.4) is 0 Å². The van der Waals surface area contributed by atoms with Gasteiger partial charge in [-0.3, -0.25) is 10.1 Å².